The van der Waals surface area contributed by atoms with Gasteiger partial charge in [0.05, 0.1) is 0 Å². The molecule has 3 heteroatoms. The van der Waals surface area contributed by atoms with E-state index in [1.54, 1.807) is 0 Å². The van der Waals surface area contributed by atoms with Crippen molar-refractivity contribution >= 4 is 5.91 Å². The summed E-state index contributed by atoms with van der Waals surface area (Å²) in [5, 5.41) is 9.00. The van der Waals surface area contributed by atoms with E-state index in [1.165, 1.54) is 0 Å². The lowest BCUT2D eigenvalue weighted by molar-refractivity contribution is -0.129. The van der Waals surface area contributed by atoms with Gasteiger partial charge in [0.25, 0.3) is 0 Å². The van der Waals surface area contributed by atoms with Crippen LogP contribution >= 0.6 is 0 Å². The molecular weight excluding hydrogens is 154 g/mol. The molecule has 2 rings (SSSR count). The Bertz CT molecular complexity index is 201. The summed E-state index contributed by atoms with van der Waals surface area (Å²) < 4.78 is 0. The van der Waals surface area contributed by atoms with Crippen LogP contribution in [0.5, 0.6) is 0 Å². The molecule has 2 unspecified atom stereocenters. The molecule has 3 nitrogen and oxygen atoms in total. The minimum absolute atomic E-state index is 0.149. The van der Waals surface area contributed by atoms with Gasteiger partial charge in [0, 0.05) is 31.0 Å². The van der Waals surface area contributed by atoms with Crippen LogP contribution in [-0.2, 0) is 4.79 Å². The minimum Gasteiger partial charge on any atom is -0.396 e. The fourth-order valence-electron chi connectivity index (χ4n) is 2.06. The molecule has 2 atom stereocenters. The number of likely N-dealkylation sites (tertiary alicyclic amines) is 1. The van der Waals surface area contributed by atoms with E-state index >= 15 is 0 Å². The van der Waals surface area contributed by atoms with Crippen LogP contribution in [0.3, 0.4) is 0 Å². The third-order valence-electron chi connectivity index (χ3n) is 3.02. The van der Waals surface area contributed by atoms with Crippen LogP contribution in [0, 0.1) is 5.92 Å². The lowest BCUT2D eigenvalue weighted by atomic mass is 10.0. The molecule has 1 saturated heterocycles. The van der Waals surface area contributed by atoms with Gasteiger partial charge in [0.15, 0.2) is 0 Å². The summed E-state index contributed by atoms with van der Waals surface area (Å²) in [6, 6.07) is 0.763. The van der Waals surface area contributed by atoms with E-state index in [0.717, 1.165) is 12.8 Å². The Morgan fingerprint density at radius 3 is 2.67 bits per heavy atom. The van der Waals surface area contributed by atoms with Crippen molar-refractivity contribution in [2.45, 2.75) is 38.3 Å². The van der Waals surface area contributed by atoms with E-state index in [2.05, 4.69) is 0 Å². The predicted octanol–water partition coefficient (Wildman–Crippen LogP) is 0.378. The van der Waals surface area contributed by atoms with Gasteiger partial charge in [-0.15, -0.1) is 0 Å². The maximum atomic E-state index is 11.5. The van der Waals surface area contributed by atoms with Crippen LogP contribution in [0.1, 0.15) is 26.2 Å². The number of carbonyl (C=O) groups excluding carboxylic acids is 1. The van der Waals surface area contributed by atoms with Gasteiger partial charge >= 0.3 is 0 Å². The zero-order valence-electron chi connectivity index (χ0n) is 7.36. The molecule has 1 N–H and O–H groups in total. The van der Waals surface area contributed by atoms with Crippen LogP contribution in [0.2, 0.25) is 0 Å². The number of nitrogens with zero attached hydrogens (tertiary/aromatic N) is 1. The maximum Gasteiger partial charge on any atom is 0.223 e. The largest absolute Gasteiger partial charge is 0.396 e. The van der Waals surface area contributed by atoms with Crippen LogP contribution in [0.15, 0.2) is 0 Å². The summed E-state index contributed by atoms with van der Waals surface area (Å²) in [5.74, 6) is 0.419. The lowest BCUT2D eigenvalue weighted by Gasteiger charge is -2.23. The van der Waals surface area contributed by atoms with Crippen LogP contribution in [0.4, 0.5) is 0 Å². The highest BCUT2D eigenvalue weighted by Crippen LogP contribution is 2.36. The van der Waals surface area contributed by atoms with Gasteiger partial charge < -0.3 is 10.0 Å². The molecule has 1 saturated carbocycles. The maximum absolute atomic E-state index is 11.5. The number of hydrogen-bond acceptors (Lipinski definition) is 2. The average molecular weight is 169 g/mol. The first-order valence-corrected chi connectivity index (χ1v) is 4.66. The molecule has 68 valence electrons. The van der Waals surface area contributed by atoms with Crippen molar-refractivity contribution in [1.29, 1.82) is 0 Å². The topological polar surface area (TPSA) is 40.5 Å². The molecule has 1 heterocycles. The van der Waals surface area contributed by atoms with E-state index in [9.17, 15) is 4.79 Å². The van der Waals surface area contributed by atoms with Crippen molar-refractivity contribution in [2.24, 2.45) is 5.92 Å². The Kier molecular flexibility index (Phi) is 1.83. The predicted molar refractivity (Wildman–Crippen MR) is 44.5 cm³/mol. The Hall–Kier alpha value is -0.570. The second-order valence-corrected chi connectivity index (χ2v) is 3.92. The summed E-state index contributed by atoms with van der Waals surface area (Å²) >= 11 is 0. The number of rotatable bonds is 2. The SMILES string of the molecule is CC1C(CO)CC(=O)N1C1CC1. The van der Waals surface area contributed by atoms with Crippen molar-refractivity contribution in [1.82, 2.24) is 4.90 Å². The van der Waals surface area contributed by atoms with Crippen molar-refractivity contribution in [2.75, 3.05) is 6.61 Å². The fraction of sp³-hybridized carbons (Fsp3) is 0.889. The molecule has 1 amide bonds. The standard InChI is InChI=1S/C9H15NO2/c1-6-7(5-11)4-9(12)10(6)8-2-3-8/h6-8,11H,2-5H2,1H3. The van der Waals surface area contributed by atoms with Crippen molar-refractivity contribution in [3.05, 3.63) is 0 Å². The van der Waals surface area contributed by atoms with Gasteiger partial charge in [-0.05, 0) is 19.8 Å². The summed E-state index contributed by atoms with van der Waals surface area (Å²) in [4.78, 5) is 13.4. The van der Waals surface area contributed by atoms with Crippen molar-refractivity contribution < 1.29 is 9.90 Å². The van der Waals surface area contributed by atoms with Gasteiger partial charge in [-0.2, -0.15) is 0 Å². The molecule has 0 radical (unpaired) electrons. The first kappa shape index (κ1) is 8.05. The molecule has 0 aromatic heterocycles. The zero-order valence-corrected chi connectivity index (χ0v) is 7.36. The summed E-state index contributed by atoms with van der Waals surface area (Å²) in [7, 11) is 0. The normalized spacial score (nSPS) is 36.2. The third kappa shape index (κ3) is 1.12. The molecule has 12 heavy (non-hydrogen) atoms. The molecule has 0 aromatic rings. The van der Waals surface area contributed by atoms with Gasteiger partial charge in [0.2, 0.25) is 5.91 Å². The number of amides is 1. The molecule has 2 aliphatic rings. The Balaban J connectivity index is 2.07. The van der Waals surface area contributed by atoms with Gasteiger partial charge in [0.1, 0.15) is 0 Å². The minimum atomic E-state index is 0.149. The third-order valence-corrected chi connectivity index (χ3v) is 3.02. The summed E-state index contributed by atoms with van der Waals surface area (Å²) in [6.07, 6.45) is 2.87. The average Bonchev–Trinajstić information content (AvgIpc) is 2.80. The highest BCUT2D eigenvalue weighted by Gasteiger charge is 2.43. The van der Waals surface area contributed by atoms with Crippen LogP contribution in [0.25, 0.3) is 0 Å². The Morgan fingerprint density at radius 2 is 2.25 bits per heavy atom. The summed E-state index contributed by atoms with van der Waals surface area (Å²) in [6.45, 7) is 2.19. The number of aliphatic hydroxyl groups is 1. The van der Waals surface area contributed by atoms with Gasteiger partial charge in [-0.25, -0.2) is 0 Å². The first-order valence-electron chi connectivity index (χ1n) is 4.66. The monoisotopic (exact) mass is 169 g/mol. The second-order valence-electron chi connectivity index (χ2n) is 3.92. The van der Waals surface area contributed by atoms with E-state index in [-0.39, 0.29) is 24.5 Å². The Morgan fingerprint density at radius 1 is 1.58 bits per heavy atom. The highest BCUT2D eigenvalue weighted by molar-refractivity contribution is 5.80. The van der Waals surface area contributed by atoms with E-state index < -0.39 is 0 Å². The fourth-order valence-corrected chi connectivity index (χ4v) is 2.06. The second kappa shape index (κ2) is 2.73. The number of aliphatic hydroxyl groups excluding tert-OH is 1. The van der Waals surface area contributed by atoms with Crippen molar-refractivity contribution in [3.63, 3.8) is 0 Å². The van der Waals surface area contributed by atoms with E-state index in [0.29, 0.717) is 12.5 Å². The molecule has 0 spiro atoms. The molecule has 0 bridgehead atoms. The van der Waals surface area contributed by atoms with Crippen LogP contribution in [-0.4, -0.2) is 34.6 Å². The molecule has 1 aliphatic carbocycles. The summed E-state index contributed by atoms with van der Waals surface area (Å²) in [5.41, 5.74) is 0. The molecule has 2 fully saturated rings. The van der Waals surface area contributed by atoms with E-state index in [1.807, 2.05) is 11.8 Å². The number of carbonyl (C=O) groups is 1. The van der Waals surface area contributed by atoms with Crippen LogP contribution < -0.4 is 0 Å². The van der Waals surface area contributed by atoms with E-state index in [4.69, 9.17) is 5.11 Å². The highest BCUT2D eigenvalue weighted by atomic mass is 16.3. The van der Waals surface area contributed by atoms with Gasteiger partial charge in [-0.1, -0.05) is 0 Å². The Labute approximate surface area is 72.4 Å². The zero-order chi connectivity index (χ0) is 8.72. The lowest BCUT2D eigenvalue weighted by Crippen LogP contribution is -2.35. The molecular formula is C9H15NO2. The number of hydrogen-bond donors (Lipinski definition) is 1. The molecule has 0 aromatic carbocycles. The van der Waals surface area contributed by atoms with Crippen molar-refractivity contribution in [3.8, 4) is 0 Å². The quantitative estimate of drug-likeness (QED) is 0.649. The smallest absolute Gasteiger partial charge is 0.223 e. The first-order chi connectivity index (χ1) is 5.74. The van der Waals surface area contributed by atoms with Gasteiger partial charge in [-0.3, -0.25) is 4.79 Å². The molecule has 1 aliphatic heterocycles.